The minimum Gasteiger partial charge on any atom is -0.494 e. The first kappa shape index (κ1) is 29.3. The van der Waals surface area contributed by atoms with Crippen molar-refractivity contribution in [3.8, 4) is 11.5 Å². The van der Waals surface area contributed by atoms with Gasteiger partial charge in [-0.1, -0.05) is 12.1 Å². The number of hydrogen-bond donors (Lipinski definition) is 3. The summed E-state index contributed by atoms with van der Waals surface area (Å²) < 4.78 is 46.7. The highest BCUT2D eigenvalue weighted by Gasteiger charge is 2.31. The van der Waals surface area contributed by atoms with E-state index in [0.29, 0.717) is 17.9 Å². The van der Waals surface area contributed by atoms with Crippen LogP contribution in [0, 0.1) is 5.92 Å². The van der Waals surface area contributed by atoms with Gasteiger partial charge in [-0.15, -0.1) is 13.2 Å². The Hall–Kier alpha value is -4.19. The highest BCUT2D eigenvalue weighted by Crippen LogP contribution is 2.33. The molecule has 3 aromatic rings. The number of anilines is 4. The highest BCUT2D eigenvalue weighted by molar-refractivity contribution is 5.79. The van der Waals surface area contributed by atoms with Crippen molar-refractivity contribution in [3.05, 3.63) is 66.4 Å². The van der Waals surface area contributed by atoms with Gasteiger partial charge in [0, 0.05) is 75.5 Å². The summed E-state index contributed by atoms with van der Waals surface area (Å²) in [6, 6.07) is 15.5. The molecule has 224 valence electrons. The molecule has 9 nitrogen and oxygen atoms in total. The lowest BCUT2D eigenvalue weighted by molar-refractivity contribution is -0.274. The molecule has 1 atom stereocenters. The summed E-state index contributed by atoms with van der Waals surface area (Å²) in [6.45, 7) is 5.39. The molecule has 1 aromatic heterocycles. The molecule has 2 aliphatic heterocycles. The summed E-state index contributed by atoms with van der Waals surface area (Å²) >= 11 is 0. The van der Waals surface area contributed by atoms with Gasteiger partial charge >= 0.3 is 6.36 Å². The third-order valence-electron chi connectivity index (χ3n) is 7.45. The topological polar surface area (TPSA) is 91.0 Å². The number of piperazine rings is 1. The van der Waals surface area contributed by atoms with Crippen LogP contribution in [-0.2, 0) is 11.3 Å². The minimum absolute atomic E-state index is 0.0861. The average molecular weight is 585 g/mol. The molecule has 0 unspecified atom stereocenters. The molecule has 0 spiro atoms. The monoisotopic (exact) mass is 584 g/mol. The number of nitrogens with one attached hydrogen (secondary N) is 3. The quantitative estimate of drug-likeness (QED) is 0.334. The fraction of sp³-hybridized carbons (Fsp3) is 0.400. The second-order valence-electron chi connectivity index (χ2n) is 10.3. The zero-order valence-corrected chi connectivity index (χ0v) is 23.4. The van der Waals surface area contributed by atoms with E-state index in [4.69, 9.17) is 4.74 Å². The Morgan fingerprint density at radius 2 is 1.79 bits per heavy atom. The smallest absolute Gasteiger partial charge is 0.494 e. The molecule has 0 aliphatic carbocycles. The zero-order chi connectivity index (χ0) is 29.5. The van der Waals surface area contributed by atoms with E-state index < -0.39 is 6.36 Å². The summed E-state index contributed by atoms with van der Waals surface area (Å²) in [5.41, 5.74) is 3.58. The molecule has 2 saturated heterocycles. The molecule has 3 N–H and O–H groups in total. The normalized spacial score (nSPS) is 17.5. The number of rotatable bonds is 9. The number of piperidine rings is 1. The maximum absolute atomic E-state index is 13.0. The van der Waals surface area contributed by atoms with Crippen LogP contribution in [0.2, 0.25) is 0 Å². The number of benzene rings is 2. The largest absolute Gasteiger partial charge is 0.573 e. The molecule has 1 amide bonds. The third kappa shape index (κ3) is 7.75. The number of amides is 1. The maximum atomic E-state index is 13.0. The first-order valence-corrected chi connectivity index (χ1v) is 14.0. The van der Waals surface area contributed by atoms with Crippen LogP contribution in [0.25, 0.3) is 0 Å². The van der Waals surface area contributed by atoms with Gasteiger partial charge in [0.1, 0.15) is 17.3 Å². The molecule has 2 fully saturated rings. The second-order valence-corrected chi connectivity index (χ2v) is 10.3. The highest BCUT2D eigenvalue weighted by atomic mass is 19.4. The summed E-state index contributed by atoms with van der Waals surface area (Å²) in [5, 5.41) is 9.66. The van der Waals surface area contributed by atoms with Gasteiger partial charge < -0.3 is 35.2 Å². The summed E-state index contributed by atoms with van der Waals surface area (Å²) in [6.07, 6.45) is -1.38. The average Bonchev–Trinajstić information content (AvgIpc) is 3.00. The number of carbonyl (C=O) groups is 1. The van der Waals surface area contributed by atoms with E-state index in [1.165, 1.54) is 24.3 Å². The van der Waals surface area contributed by atoms with E-state index in [1.54, 1.807) is 13.3 Å². The number of methoxy groups -OCH3 is 1. The van der Waals surface area contributed by atoms with Crippen molar-refractivity contribution >= 4 is 28.8 Å². The van der Waals surface area contributed by atoms with Gasteiger partial charge in [0.15, 0.2) is 0 Å². The predicted octanol–water partition coefficient (Wildman–Crippen LogP) is 4.67. The maximum Gasteiger partial charge on any atom is 0.573 e. The summed E-state index contributed by atoms with van der Waals surface area (Å²) in [7, 11) is 1.65. The van der Waals surface area contributed by atoms with Crippen LogP contribution in [0.5, 0.6) is 11.5 Å². The number of nitrogens with zero attached hydrogens (tertiary/aromatic N) is 3. The Morgan fingerprint density at radius 3 is 2.52 bits per heavy atom. The molecule has 2 aromatic carbocycles. The van der Waals surface area contributed by atoms with Crippen molar-refractivity contribution < 1.29 is 27.4 Å². The van der Waals surface area contributed by atoms with Gasteiger partial charge in [-0.05, 0) is 48.7 Å². The number of alkyl halides is 3. The lowest BCUT2D eigenvalue weighted by Gasteiger charge is -2.34. The number of aromatic nitrogens is 1. The van der Waals surface area contributed by atoms with Crippen molar-refractivity contribution in [2.75, 3.05) is 61.5 Å². The van der Waals surface area contributed by atoms with E-state index in [-0.39, 0.29) is 24.1 Å². The molecule has 3 heterocycles. The van der Waals surface area contributed by atoms with Gasteiger partial charge in [-0.3, -0.25) is 4.79 Å². The molecule has 0 bridgehead atoms. The van der Waals surface area contributed by atoms with E-state index in [2.05, 4.69) is 41.5 Å². The van der Waals surface area contributed by atoms with E-state index in [0.717, 1.165) is 68.4 Å². The van der Waals surface area contributed by atoms with Crippen LogP contribution in [0.15, 0.2) is 60.8 Å². The standard InChI is InChI=1S/C30H35F3N6O3/c1-41-27-17-23(38-15-12-34-13-16-38)6-9-26(27)37-28-18-24(10-11-35-28)39-14-2-3-22(20-39)29(40)36-19-21-4-7-25(8-5-21)42-30(31,32)33/h4-11,17-18,22,34H,2-3,12-16,19-20H2,1H3,(H,35,37)(H,36,40)/t22-/m1/s1. The van der Waals surface area contributed by atoms with Crippen molar-refractivity contribution in [1.82, 2.24) is 15.6 Å². The van der Waals surface area contributed by atoms with Crippen molar-refractivity contribution in [2.24, 2.45) is 5.92 Å². The Morgan fingerprint density at radius 1 is 1.02 bits per heavy atom. The van der Waals surface area contributed by atoms with Crippen molar-refractivity contribution in [1.29, 1.82) is 0 Å². The molecular formula is C30H35F3N6O3. The Balaban J connectivity index is 1.18. The molecular weight excluding hydrogens is 549 g/mol. The lowest BCUT2D eigenvalue weighted by atomic mass is 9.96. The van der Waals surface area contributed by atoms with Crippen molar-refractivity contribution in [2.45, 2.75) is 25.7 Å². The summed E-state index contributed by atoms with van der Waals surface area (Å²) in [5.74, 6) is 0.809. The van der Waals surface area contributed by atoms with Crippen LogP contribution in [0.3, 0.4) is 0 Å². The number of hydrogen-bond acceptors (Lipinski definition) is 8. The van der Waals surface area contributed by atoms with Crippen molar-refractivity contribution in [3.63, 3.8) is 0 Å². The molecule has 2 aliphatic rings. The van der Waals surface area contributed by atoms with Crippen LogP contribution in [-0.4, -0.2) is 63.6 Å². The van der Waals surface area contributed by atoms with E-state index >= 15 is 0 Å². The predicted molar refractivity (Wildman–Crippen MR) is 156 cm³/mol. The van der Waals surface area contributed by atoms with Gasteiger partial charge in [-0.25, -0.2) is 4.98 Å². The Bertz CT molecular complexity index is 1350. The first-order chi connectivity index (χ1) is 20.3. The summed E-state index contributed by atoms with van der Waals surface area (Å²) in [4.78, 5) is 22.0. The molecule has 42 heavy (non-hydrogen) atoms. The second kappa shape index (κ2) is 13.2. The molecule has 5 rings (SSSR count). The Kier molecular flexibility index (Phi) is 9.21. The zero-order valence-electron chi connectivity index (χ0n) is 23.4. The van der Waals surface area contributed by atoms with Gasteiger partial charge in [0.05, 0.1) is 18.7 Å². The van der Waals surface area contributed by atoms with Crippen LogP contribution in [0.4, 0.5) is 36.1 Å². The first-order valence-electron chi connectivity index (χ1n) is 14.0. The van der Waals surface area contributed by atoms with Gasteiger partial charge in [0.25, 0.3) is 0 Å². The number of pyridine rings is 1. The van der Waals surface area contributed by atoms with Gasteiger partial charge in [-0.2, -0.15) is 0 Å². The molecule has 0 radical (unpaired) electrons. The van der Waals surface area contributed by atoms with E-state index in [1.807, 2.05) is 24.3 Å². The minimum atomic E-state index is -4.74. The number of ether oxygens (including phenoxy) is 2. The number of carbonyl (C=O) groups excluding carboxylic acids is 1. The third-order valence-corrected chi connectivity index (χ3v) is 7.45. The molecule has 0 saturated carbocycles. The fourth-order valence-electron chi connectivity index (χ4n) is 5.29. The molecule has 12 heteroatoms. The van der Waals surface area contributed by atoms with Crippen LogP contribution >= 0.6 is 0 Å². The Labute approximate surface area is 243 Å². The lowest BCUT2D eigenvalue weighted by Crippen LogP contribution is -2.43. The van der Waals surface area contributed by atoms with E-state index in [9.17, 15) is 18.0 Å². The van der Waals surface area contributed by atoms with Gasteiger partial charge in [0.2, 0.25) is 5.91 Å². The van der Waals surface area contributed by atoms with Crippen LogP contribution in [0.1, 0.15) is 18.4 Å². The number of halogens is 3. The SMILES string of the molecule is COc1cc(N2CCNCC2)ccc1Nc1cc(N2CCC[C@@H](C(=O)NCc3ccc(OC(F)(F)F)cc3)C2)ccn1. The van der Waals surface area contributed by atoms with Crippen LogP contribution < -0.4 is 35.2 Å². The fourth-order valence-corrected chi connectivity index (χ4v) is 5.29.